The Morgan fingerprint density at radius 2 is 1.92 bits per heavy atom. The smallest absolute Gasteiger partial charge is 0.291 e. The summed E-state index contributed by atoms with van der Waals surface area (Å²) >= 11 is 1.57. The van der Waals surface area contributed by atoms with Gasteiger partial charge in [0.2, 0.25) is 11.2 Å². The third-order valence-corrected chi connectivity index (χ3v) is 4.31. The van der Waals surface area contributed by atoms with E-state index < -0.39 is 11.3 Å². The Balaban J connectivity index is 1.68. The van der Waals surface area contributed by atoms with Crippen molar-refractivity contribution in [3.05, 3.63) is 88.5 Å². The molecule has 26 heavy (non-hydrogen) atoms. The van der Waals surface area contributed by atoms with Crippen molar-refractivity contribution in [3.8, 4) is 5.75 Å². The predicted octanol–water partition coefficient (Wildman–Crippen LogP) is 4.19. The predicted molar refractivity (Wildman–Crippen MR) is 102 cm³/mol. The number of ether oxygens (including phenoxy) is 1. The number of anilines is 1. The van der Waals surface area contributed by atoms with Crippen LogP contribution in [0.25, 0.3) is 0 Å². The molecule has 0 atom stereocenters. The molecule has 3 rings (SSSR count). The lowest BCUT2D eigenvalue weighted by Gasteiger charge is -2.07. The summed E-state index contributed by atoms with van der Waals surface area (Å²) in [6.07, 6.45) is 3.12. The highest BCUT2D eigenvalue weighted by Gasteiger charge is 2.13. The number of thioether (sulfide) groups is 1. The maximum absolute atomic E-state index is 12.3. The molecule has 5 nitrogen and oxygen atoms in total. The van der Waals surface area contributed by atoms with E-state index in [4.69, 9.17) is 9.15 Å². The van der Waals surface area contributed by atoms with Crippen molar-refractivity contribution in [2.24, 2.45) is 0 Å². The lowest BCUT2D eigenvalue weighted by Crippen LogP contribution is -2.15. The number of carbonyl (C=O) groups excluding carboxylic acids is 1. The zero-order chi connectivity index (χ0) is 18.4. The molecule has 0 bridgehead atoms. The Kier molecular flexibility index (Phi) is 5.76. The van der Waals surface area contributed by atoms with Gasteiger partial charge in [-0.1, -0.05) is 36.4 Å². The number of carbonyl (C=O) groups is 1. The average molecular weight is 367 g/mol. The lowest BCUT2D eigenvalue weighted by molar-refractivity contribution is 0.0993. The molecule has 2 aromatic carbocycles. The lowest BCUT2D eigenvalue weighted by atomic mass is 10.2. The Labute approximate surface area is 155 Å². The standard InChI is InChI=1S/C20H17NO4S/c1-26-16-9-5-8-15(10-16)21-20(23)18-11-17(22)19(13-25-18)24-12-14-6-3-2-4-7-14/h2-11,13H,12H2,1H3,(H,21,23). The molecule has 0 fully saturated rings. The normalized spacial score (nSPS) is 10.3. The molecular formula is C20H17NO4S. The van der Waals surface area contributed by atoms with Crippen molar-refractivity contribution >= 4 is 23.4 Å². The minimum atomic E-state index is -0.491. The van der Waals surface area contributed by atoms with Crippen LogP contribution in [0, 0.1) is 0 Å². The minimum absolute atomic E-state index is 0.0646. The fraction of sp³-hybridized carbons (Fsp3) is 0.100. The van der Waals surface area contributed by atoms with Crippen LogP contribution >= 0.6 is 11.8 Å². The van der Waals surface area contributed by atoms with Gasteiger partial charge in [-0.2, -0.15) is 0 Å². The maximum atomic E-state index is 12.3. The van der Waals surface area contributed by atoms with Crippen molar-refractivity contribution in [1.29, 1.82) is 0 Å². The van der Waals surface area contributed by atoms with Gasteiger partial charge in [0.25, 0.3) is 5.91 Å². The van der Waals surface area contributed by atoms with Gasteiger partial charge in [-0.3, -0.25) is 9.59 Å². The fourth-order valence-electron chi connectivity index (χ4n) is 2.25. The highest BCUT2D eigenvalue weighted by molar-refractivity contribution is 7.98. The highest BCUT2D eigenvalue weighted by Crippen LogP contribution is 2.19. The summed E-state index contributed by atoms with van der Waals surface area (Å²) in [4.78, 5) is 25.4. The van der Waals surface area contributed by atoms with Crippen LogP contribution in [-0.4, -0.2) is 12.2 Å². The van der Waals surface area contributed by atoms with E-state index in [0.717, 1.165) is 16.5 Å². The van der Waals surface area contributed by atoms with Gasteiger partial charge in [-0.25, -0.2) is 0 Å². The van der Waals surface area contributed by atoms with Crippen LogP contribution in [0.2, 0.25) is 0 Å². The first-order valence-electron chi connectivity index (χ1n) is 7.90. The molecule has 0 aliphatic rings. The number of hydrogen-bond acceptors (Lipinski definition) is 5. The van der Waals surface area contributed by atoms with E-state index in [0.29, 0.717) is 5.69 Å². The molecular weight excluding hydrogens is 350 g/mol. The zero-order valence-electron chi connectivity index (χ0n) is 14.1. The summed E-state index contributed by atoms with van der Waals surface area (Å²) in [5.74, 6) is -0.499. The Morgan fingerprint density at radius 1 is 1.12 bits per heavy atom. The Hall–Kier alpha value is -2.99. The van der Waals surface area contributed by atoms with Crippen molar-refractivity contribution in [1.82, 2.24) is 0 Å². The van der Waals surface area contributed by atoms with Crippen LogP contribution in [0.5, 0.6) is 5.75 Å². The third kappa shape index (κ3) is 4.55. The van der Waals surface area contributed by atoms with Gasteiger partial charge in [-0.05, 0) is 30.0 Å². The van der Waals surface area contributed by atoms with Crippen LogP contribution < -0.4 is 15.5 Å². The first-order chi connectivity index (χ1) is 12.7. The molecule has 0 aliphatic carbocycles. The first kappa shape index (κ1) is 17.8. The number of hydrogen-bond donors (Lipinski definition) is 1. The second kappa shape index (κ2) is 8.40. The number of benzene rings is 2. The third-order valence-electron chi connectivity index (χ3n) is 3.59. The van der Waals surface area contributed by atoms with Gasteiger partial charge in [-0.15, -0.1) is 11.8 Å². The summed E-state index contributed by atoms with van der Waals surface area (Å²) in [6.45, 7) is 0.249. The van der Waals surface area contributed by atoms with E-state index in [1.165, 1.54) is 6.26 Å². The maximum Gasteiger partial charge on any atom is 0.291 e. The van der Waals surface area contributed by atoms with Crippen molar-refractivity contribution in [3.63, 3.8) is 0 Å². The molecule has 0 radical (unpaired) electrons. The molecule has 0 saturated heterocycles. The molecule has 0 spiro atoms. The van der Waals surface area contributed by atoms with Gasteiger partial charge in [0, 0.05) is 16.6 Å². The molecule has 0 aliphatic heterocycles. The van der Waals surface area contributed by atoms with Crippen LogP contribution in [0.1, 0.15) is 16.1 Å². The zero-order valence-corrected chi connectivity index (χ0v) is 14.9. The van der Waals surface area contributed by atoms with Gasteiger partial charge in [0.05, 0.1) is 0 Å². The topological polar surface area (TPSA) is 68.5 Å². The minimum Gasteiger partial charge on any atom is -0.482 e. The Bertz CT molecular complexity index is 953. The summed E-state index contributed by atoms with van der Waals surface area (Å²) in [5.41, 5.74) is 1.16. The van der Waals surface area contributed by atoms with Crippen LogP contribution in [-0.2, 0) is 6.61 Å². The summed E-state index contributed by atoms with van der Waals surface area (Å²) in [7, 11) is 0. The molecule has 0 saturated carbocycles. The van der Waals surface area contributed by atoms with Gasteiger partial charge < -0.3 is 14.5 Å². The fourth-order valence-corrected chi connectivity index (χ4v) is 2.71. The van der Waals surface area contributed by atoms with E-state index in [2.05, 4.69) is 5.32 Å². The van der Waals surface area contributed by atoms with Crippen LogP contribution in [0.3, 0.4) is 0 Å². The monoisotopic (exact) mass is 367 g/mol. The molecule has 1 aromatic heterocycles. The first-order valence-corrected chi connectivity index (χ1v) is 9.13. The second-order valence-electron chi connectivity index (χ2n) is 5.43. The number of rotatable bonds is 6. The van der Waals surface area contributed by atoms with E-state index in [1.807, 2.05) is 54.8 Å². The van der Waals surface area contributed by atoms with E-state index in [1.54, 1.807) is 17.8 Å². The van der Waals surface area contributed by atoms with E-state index in [9.17, 15) is 9.59 Å². The highest BCUT2D eigenvalue weighted by atomic mass is 32.2. The average Bonchev–Trinajstić information content (AvgIpc) is 2.68. The molecule has 132 valence electrons. The largest absolute Gasteiger partial charge is 0.482 e. The van der Waals surface area contributed by atoms with E-state index in [-0.39, 0.29) is 18.1 Å². The summed E-state index contributed by atoms with van der Waals surface area (Å²) in [5, 5.41) is 2.71. The number of nitrogens with one attached hydrogen (secondary N) is 1. The van der Waals surface area contributed by atoms with Crippen molar-refractivity contribution < 1.29 is 13.9 Å². The van der Waals surface area contributed by atoms with Crippen molar-refractivity contribution in [2.45, 2.75) is 11.5 Å². The van der Waals surface area contributed by atoms with E-state index >= 15 is 0 Å². The van der Waals surface area contributed by atoms with Crippen LogP contribution in [0.4, 0.5) is 5.69 Å². The molecule has 3 aromatic rings. The molecule has 6 heteroatoms. The van der Waals surface area contributed by atoms with Gasteiger partial charge in [0.1, 0.15) is 12.9 Å². The Morgan fingerprint density at radius 3 is 2.65 bits per heavy atom. The second-order valence-corrected chi connectivity index (χ2v) is 6.31. The molecule has 1 amide bonds. The summed E-state index contributed by atoms with van der Waals surface area (Å²) in [6, 6.07) is 18.0. The molecule has 1 heterocycles. The van der Waals surface area contributed by atoms with Gasteiger partial charge >= 0.3 is 0 Å². The molecule has 1 N–H and O–H groups in total. The summed E-state index contributed by atoms with van der Waals surface area (Å²) < 4.78 is 10.7. The van der Waals surface area contributed by atoms with Crippen molar-refractivity contribution in [2.75, 3.05) is 11.6 Å². The SMILES string of the molecule is CSc1cccc(NC(=O)c2cc(=O)c(OCc3ccccc3)co2)c1. The van der Waals surface area contributed by atoms with Crippen LogP contribution in [0.15, 0.2) is 81.0 Å². The quantitative estimate of drug-likeness (QED) is 0.662. The number of amides is 1. The molecule has 0 unspecified atom stereocenters. The van der Waals surface area contributed by atoms with Gasteiger partial charge in [0.15, 0.2) is 5.76 Å².